The molecule has 0 amide bonds. The third-order valence-electron chi connectivity index (χ3n) is 4.54. The maximum atomic E-state index is 10.0. The first-order valence-corrected chi connectivity index (χ1v) is 8.14. The minimum atomic E-state index is 0.158. The van der Waals surface area contributed by atoms with Crippen molar-refractivity contribution in [1.82, 2.24) is 4.90 Å². The Bertz CT molecular complexity index is 456. The van der Waals surface area contributed by atoms with Crippen molar-refractivity contribution in [2.24, 2.45) is 5.92 Å². The minimum Gasteiger partial charge on any atom is -0.506 e. The molecule has 1 aliphatic rings. The van der Waals surface area contributed by atoms with Crippen molar-refractivity contribution in [2.45, 2.75) is 51.6 Å². The van der Waals surface area contributed by atoms with Gasteiger partial charge in [0.2, 0.25) is 0 Å². The summed E-state index contributed by atoms with van der Waals surface area (Å²) in [5.74, 6) is 1.05. The van der Waals surface area contributed by atoms with E-state index in [9.17, 15) is 5.11 Å². The molecule has 1 aromatic carbocycles. The third-order valence-corrected chi connectivity index (χ3v) is 5.05. The lowest BCUT2D eigenvalue weighted by Gasteiger charge is -2.34. The molecular weight excluding hydrogens is 293 g/mol. The molecule has 1 aliphatic carbocycles. The van der Waals surface area contributed by atoms with Crippen molar-refractivity contribution in [3.8, 4) is 5.75 Å². The first-order chi connectivity index (χ1) is 9.51. The number of rotatable bonds is 4. The van der Waals surface area contributed by atoms with Gasteiger partial charge in [-0.2, -0.15) is 0 Å². The molecule has 2 nitrogen and oxygen atoms in total. The Morgan fingerprint density at radius 2 is 1.85 bits per heavy atom. The number of halogens is 2. The van der Waals surface area contributed by atoms with Gasteiger partial charge in [-0.1, -0.05) is 36.5 Å². The summed E-state index contributed by atoms with van der Waals surface area (Å²) in [6.07, 6.45) is 6.40. The predicted octanol–water partition coefficient (Wildman–Crippen LogP) is 5.10. The highest BCUT2D eigenvalue weighted by atomic mass is 35.5. The quantitative estimate of drug-likeness (QED) is 0.835. The van der Waals surface area contributed by atoms with Crippen LogP contribution in [0, 0.1) is 5.92 Å². The molecule has 0 saturated heterocycles. The normalized spacial score (nSPS) is 23.2. The lowest BCUT2D eigenvalue weighted by Crippen LogP contribution is -2.34. The van der Waals surface area contributed by atoms with Crippen LogP contribution < -0.4 is 0 Å². The van der Waals surface area contributed by atoms with Gasteiger partial charge in [0.05, 0.1) is 5.02 Å². The second kappa shape index (κ2) is 7.02. The molecule has 0 unspecified atom stereocenters. The van der Waals surface area contributed by atoms with Gasteiger partial charge in [0.1, 0.15) is 5.75 Å². The van der Waals surface area contributed by atoms with Gasteiger partial charge < -0.3 is 5.11 Å². The number of hydrogen-bond donors (Lipinski definition) is 1. The SMILES string of the molecule is CCC1CCC(N(C)Cc2cc(Cl)cc(Cl)c2O)CC1. The van der Waals surface area contributed by atoms with Crippen LogP contribution in [0.3, 0.4) is 0 Å². The van der Waals surface area contributed by atoms with E-state index in [1.807, 2.05) is 0 Å². The van der Waals surface area contributed by atoms with Gasteiger partial charge in [0, 0.05) is 23.2 Å². The van der Waals surface area contributed by atoms with E-state index in [1.54, 1.807) is 12.1 Å². The molecule has 112 valence electrons. The second-order valence-electron chi connectivity index (χ2n) is 5.89. The van der Waals surface area contributed by atoms with E-state index in [1.165, 1.54) is 32.1 Å². The molecule has 0 spiro atoms. The average Bonchev–Trinajstić information content (AvgIpc) is 2.44. The van der Waals surface area contributed by atoms with Crippen LogP contribution in [0.15, 0.2) is 12.1 Å². The van der Waals surface area contributed by atoms with Crippen LogP contribution >= 0.6 is 23.2 Å². The summed E-state index contributed by atoms with van der Waals surface area (Å²) < 4.78 is 0. The van der Waals surface area contributed by atoms with Gasteiger partial charge in [-0.05, 0) is 50.8 Å². The average molecular weight is 316 g/mol. The molecule has 1 fully saturated rings. The topological polar surface area (TPSA) is 23.5 Å². The van der Waals surface area contributed by atoms with Crippen LogP contribution in [0.2, 0.25) is 10.0 Å². The zero-order chi connectivity index (χ0) is 14.7. The fourth-order valence-corrected chi connectivity index (χ4v) is 3.67. The molecule has 0 bridgehead atoms. The zero-order valence-corrected chi connectivity index (χ0v) is 13.7. The Balaban J connectivity index is 2.00. The molecule has 1 aromatic rings. The highest BCUT2D eigenvalue weighted by Crippen LogP contribution is 2.34. The Hall–Kier alpha value is -0.440. The summed E-state index contributed by atoms with van der Waals surface area (Å²) in [6, 6.07) is 3.97. The van der Waals surface area contributed by atoms with E-state index in [0.717, 1.165) is 11.5 Å². The van der Waals surface area contributed by atoms with Gasteiger partial charge in [0.15, 0.2) is 0 Å². The van der Waals surface area contributed by atoms with Crippen molar-refractivity contribution in [1.29, 1.82) is 0 Å². The molecule has 0 aliphatic heterocycles. The molecule has 20 heavy (non-hydrogen) atoms. The summed E-state index contributed by atoms with van der Waals surface area (Å²) in [5, 5.41) is 10.9. The molecule has 0 aromatic heterocycles. The van der Waals surface area contributed by atoms with Crippen LogP contribution in [0.4, 0.5) is 0 Å². The van der Waals surface area contributed by atoms with Crippen molar-refractivity contribution < 1.29 is 5.11 Å². The summed E-state index contributed by atoms with van der Waals surface area (Å²) in [5.41, 5.74) is 0.808. The van der Waals surface area contributed by atoms with Crippen LogP contribution in [-0.4, -0.2) is 23.1 Å². The van der Waals surface area contributed by atoms with Gasteiger partial charge in [-0.15, -0.1) is 0 Å². The fraction of sp³-hybridized carbons (Fsp3) is 0.625. The maximum Gasteiger partial charge on any atom is 0.138 e. The second-order valence-corrected chi connectivity index (χ2v) is 6.74. The molecule has 4 heteroatoms. The van der Waals surface area contributed by atoms with Crippen LogP contribution in [0.1, 0.15) is 44.6 Å². The number of benzene rings is 1. The standard InChI is InChI=1S/C16H23Cl2NO/c1-3-11-4-6-14(7-5-11)19(2)10-12-8-13(17)9-15(18)16(12)20/h8-9,11,14,20H,3-7,10H2,1-2H3. The largest absolute Gasteiger partial charge is 0.506 e. The van der Waals surface area contributed by atoms with E-state index in [-0.39, 0.29) is 5.75 Å². The van der Waals surface area contributed by atoms with Crippen molar-refractivity contribution in [3.63, 3.8) is 0 Å². The van der Waals surface area contributed by atoms with Gasteiger partial charge in [0.25, 0.3) is 0 Å². The monoisotopic (exact) mass is 315 g/mol. The molecule has 0 atom stereocenters. The Kier molecular flexibility index (Phi) is 5.59. The summed E-state index contributed by atoms with van der Waals surface area (Å²) in [7, 11) is 2.12. The van der Waals surface area contributed by atoms with Crippen molar-refractivity contribution in [2.75, 3.05) is 7.05 Å². The maximum absolute atomic E-state index is 10.0. The molecule has 1 N–H and O–H groups in total. The lowest BCUT2D eigenvalue weighted by molar-refractivity contribution is 0.156. The smallest absolute Gasteiger partial charge is 0.138 e. The Labute approximate surface area is 131 Å². The molecule has 2 rings (SSSR count). The summed E-state index contributed by atoms with van der Waals surface area (Å²) in [4.78, 5) is 2.31. The van der Waals surface area contributed by atoms with Crippen molar-refractivity contribution in [3.05, 3.63) is 27.7 Å². The zero-order valence-electron chi connectivity index (χ0n) is 12.2. The van der Waals surface area contributed by atoms with E-state index >= 15 is 0 Å². The van der Waals surface area contributed by atoms with E-state index < -0.39 is 0 Å². The van der Waals surface area contributed by atoms with Crippen LogP contribution in [-0.2, 0) is 6.54 Å². The molecular formula is C16H23Cl2NO. The van der Waals surface area contributed by atoms with Gasteiger partial charge in [-0.25, -0.2) is 0 Å². The number of phenols is 1. The van der Waals surface area contributed by atoms with E-state index in [4.69, 9.17) is 23.2 Å². The molecule has 0 radical (unpaired) electrons. The van der Waals surface area contributed by atoms with Gasteiger partial charge >= 0.3 is 0 Å². The van der Waals surface area contributed by atoms with E-state index in [0.29, 0.717) is 22.6 Å². The number of nitrogens with zero attached hydrogens (tertiary/aromatic N) is 1. The summed E-state index contributed by atoms with van der Waals surface area (Å²) >= 11 is 12.0. The lowest BCUT2D eigenvalue weighted by atomic mass is 9.84. The molecule has 1 saturated carbocycles. The van der Waals surface area contributed by atoms with Gasteiger partial charge in [-0.3, -0.25) is 4.90 Å². The van der Waals surface area contributed by atoms with Crippen LogP contribution in [0.5, 0.6) is 5.75 Å². The van der Waals surface area contributed by atoms with Crippen LogP contribution in [0.25, 0.3) is 0 Å². The highest BCUT2D eigenvalue weighted by molar-refractivity contribution is 6.35. The number of hydrogen-bond acceptors (Lipinski definition) is 2. The predicted molar refractivity (Wildman–Crippen MR) is 85.6 cm³/mol. The van der Waals surface area contributed by atoms with E-state index in [2.05, 4.69) is 18.9 Å². The first-order valence-electron chi connectivity index (χ1n) is 7.38. The van der Waals surface area contributed by atoms with Crippen molar-refractivity contribution >= 4 is 23.2 Å². The first kappa shape index (κ1) is 15.9. The Morgan fingerprint density at radius 3 is 2.45 bits per heavy atom. The third kappa shape index (κ3) is 3.81. The Morgan fingerprint density at radius 1 is 1.20 bits per heavy atom. The number of phenolic OH excluding ortho intramolecular Hbond substituents is 1. The molecule has 0 heterocycles. The number of aromatic hydroxyl groups is 1. The minimum absolute atomic E-state index is 0.158. The fourth-order valence-electron chi connectivity index (χ4n) is 3.13. The summed E-state index contributed by atoms with van der Waals surface area (Å²) in [6.45, 7) is 2.97. The highest BCUT2D eigenvalue weighted by Gasteiger charge is 2.23.